The second kappa shape index (κ2) is 6.76. The summed E-state index contributed by atoms with van der Waals surface area (Å²) < 4.78 is 12.7. The predicted molar refractivity (Wildman–Crippen MR) is 79.3 cm³/mol. The molecule has 102 valence electrons. The van der Waals surface area contributed by atoms with Crippen LogP contribution in [0.25, 0.3) is 0 Å². The van der Waals surface area contributed by atoms with Crippen LogP contribution < -0.4 is 0 Å². The molecule has 0 aliphatic carbocycles. The summed E-state index contributed by atoms with van der Waals surface area (Å²) in [4.78, 5) is 0. The molecule has 1 unspecified atom stereocenters. The van der Waals surface area contributed by atoms with Crippen molar-refractivity contribution in [3.63, 3.8) is 0 Å². The SMILES string of the molecule is OC(CC#Cc1ccc(F)cc1)c1ccc(Cl)cc1Cl. The van der Waals surface area contributed by atoms with E-state index in [4.69, 9.17) is 23.2 Å². The highest BCUT2D eigenvalue weighted by Crippen LogP contribution is 2.27. The maximum atomic E-state index is 12.7. The molecule has 0 aliphatic rings. The second-order valence-electron chi connectivity index (χ2n) is 4.19. The van der Waals surface area contributed by atoms with Crippen LogP contribution in [0.1, 0.15) is 23.7 Å². The summed E-state index contributed by atoms with van der Waals surface area (Å²) in [5, 5.41) is 11.0. The lowest BCUT2D eigenvalue weighted by atomic mass is 10.1. The van der Waals surface area contributed by atoms with E-state index in [2.05, 4.69) is 11.8 Å². The first-order valence-corrected chi connectivity index (χ1v) is 6.69. The highest BCUT2D eigenvalue weighted by atomic mass is 35.5. The van der Waals surface area contributed by atoms with E-state index in [-0.39, 0.29) is 12.2 Å². The topological polar surface area (TPSA) is 20.2 Å². The third-order valence-corrected chi connectivity index (χ3v) is 3.26. The number of aliphatic hydroxyl groups excluding tert-OH is 1. The molecule has 2 aromatic carbocycles. The van der Waals surface area contributed by atoms with Crippen LogP contribution >= 0.6 is 23.2 Å². The molecule has 0 fully saturated rings. The maximum absolute atomic E-state index is 12.7. The van der Waals surface area contributed by atoms with Crippen molar-refractivity contribution < 1.29 is 9.50 Å². The van der Waals surface area contributed by atoms with Gasteiger partial charge in [-0.2, -0.15) is 0 Å². The lowest BCUT2D eigenvalue weighted by Gasteiger charge is -2.09. The van der Waals surface area contributed by atoms with Gasteiger partial charge in [-0.3, -0.25) is 0 Å². The van der Waals surface area contributed by atoms with Gasteiger partial charge in [0.05, 0.1) is 6.10 Å². The van der Waals surface area contributed by atoms with Crippen molar-refractivity contribution in [1.82, 2.24) is 0 Å². The van der Waals surface area contributed by atoms with Crippen LogP contribution in [-0.4, -0.2) is 5.11 Å². The molecule has 2 aromatic rings. The molecule has 20 heavy (non-hydrogen) atoms. The van der Waals surface area contributed by atoms with Crippen molar-refractivity contribution in [3.8, 4) is 11.8 Å². The number of hydrogen-bond donors (Lipinski definition) is 1. The van der Waals surface area contributed by atoms with Crippen LogP contribution in [0, 0.1) is 17.7 Å². The van der Waals surface area contributed by atoms with Gasteiger partial charge in [-0.15, -0.1) is 0 Å². The van der Waals surface area contributed by atoms with E-state index in [0.29, 0.717) is 21.2 Å². The normalized spacial score (nSPS) is 11.6. The quantitative estimate of drug-likeness (QED) is 0.803. The molecule has 1 nitrogen and oxygen atoms in total. The summed E-state index contributed by atoms with van der Waals surface area (Å²) >= 11 is 11.8. The Labute approximate surface area is 127 Å². The van der Waals surface area contributed by atoms with Gasteiger partial charge in [-0.05, 0) is 36.4 Å². The molecule has 1 atom stereocenters. The van der Waals surface area contributed by atoms with Crippen molar-refractivity contribution in [3.05, 3.63) is 69.5 Å². The van der Waals surface area contributed by atoms with Crippen molar-refractivity contribution in [2.75, 3.05) is 0 Å². The van der Waals surface area contributed by atoms with E-state index >= 15 is 0 Å². The van der Waals surface area contributed by atoms with Gasteiger partial charge in [0.15, 0.2) is 0 Å². The molecule has 0 radical (unpaired) electrons. The number of benzene rings is 2. The summed E-state index contributed by atoms with van der Waals surface area (Å²) in [6.07, 6.45) is -0.550. The van der Waals surface area contributed by atoms with E-state index in [0.717, 1.165) is 0 Å². The highest BCUT2D eigenvalue weighted by molar-refractivity contribution is 6.35. The van der Waals surface area contributed by atoms with Gasteiger partial charge in [0.25, 0.3) is 0 Å². The molecule has 0 amide bonds. The molecule has 0 aromatic heterocycles. The number of rotatable bonds is 2. The smallest absolute Gasteiger partial charge is 0.123 e. The maximum Gasteiger partial charge on any atom is 0.123 e. The zero-order valence-corrected chi connectivity index (χ0v) is 11.9. The van der Waals surface area contributed by atoms with Gasteiger partial charge in [-0.1, -0.05) is 41.1 Å². The minimum absolute atomic E-state index is 0.235. The average molecular weight is 309 g/mol. The fourth-order valence-electron chi connectivity index (χ4n) is 1.66. The minimum atomic E-state index is -0.785. The Morgan fingerprint density at radius 2 is 1.80 bits per heavy atom. The second-order valence-corrected chi connectivity index (χ2v) is 5.04. The zero-order chi connectivity index (χ0) is 14.5. The molecule has 0 aliphatic heterocycles. The summed E-state index contributed by atoms with van der Waals surface area (Å²) in [6.45, 7) is 0. The summed E-state index contributed by atoms with van der Waals surface area (Å²) in [7, 11) is 0. The fraction of sp³-hybridized carbons (Fsp3) is 0.125. The van der Waals surface area contributed by atoms with E-state index in [1.165, 1.54) is 12.1 Å². The highest BCUT2D eigenvalue weighted by Gasteiger charge is 2.10. The molecule has 1 N–H and O–H groups in total. The van der Waals surface area contributed by atoms with E-state index in [1.807, 2.05) is 0 Å². The van der Waals surface area contributed by atoms with E-state index in [9.17, 15) is 9.50 Å². The van der Waals surface area contributed by atoms with Gasteiger partial charge in [0.2, 0.25) is 0 Å². The standard InChI is InChI=1S/C16H11Cl2FO/c17-12-6-9-14(15(18)10-12)16(20)3-1-2-11-4-7-13(19)8-5-11/h4-10,16,20H,3H2. The van der Waals surface area contributed by atoms with Gasteiger partial charge in [0, 0.05) is 27.6 Å². The van der Waals surface area contributed by atoms with Crippen molar-refractivity contribution >= 4 is 23.2 Å². The molecule has 0 saturated heterocycles. The Morgan fingerprint density at radius 3 is 2.45 bits per heavy atom. The molecule has 4 heteroatoms. The first-order chi connectivity index (χ1) is 9.56. The summed E-state index contributed by atoms with van der Waals surface area (Å²) in [6, 6.07) is 10.8. The summed E-state index contributed by atoms with van der Waals surface area (Å²) in [5.74, 6) is 5.40. The van der Waals surface area contributed by atoms with Crippen LogP contribution in [0.15, 0.2) is 42.5 Å². The predicted octanol–water partition coefficient (Wildman–Crippen LogP) is 4.61. The fourth-order valence-corrected chi connectivity index (χ4v) is 2.20. The molecule has 0 saturated carbocycles. The molecular weight excluding hydrogens is 298 g/mol. The Balaban J connectivity index is 2.05. The molecular formula is C16H11Cl2FO. The van der Waals surface area contributed by atoms with Crippen molar-refractivity contribution in [2.45, 2.75) is 12.5 Å². The van der Waals surface area contributed by atoms with Crippen LogP contribution in [0.5, 0.6) is 0 Å². The Hall–Kier alpha value is -1.53. The number of hydrogen-bond acceptors (Lipinski definition) is 1. The van der Waals surface area contributed by atoms with Gasteiger partial charge in [0.1, 0.15) is 5.82 Å². The number of aliphatic hydroxyl groups is 1. The largest absolute Gasteiger partial charge is 0.387 e. The monoisotopic (exact) mass is 308 g/mol. The number of halogens is 3. The third kappa shape index (κ3) is 3.98. The van der Waals surface area contributed by atoms with Gasteiger partial charge >= 0.3 is 0 Å². The van der Waals surface area contributed by atoms with E-state index < -0.39 is 6.10 Å². The van der Waals surface area contributed by atoms with Crippen LogP contribution in [-0.2, 0) is 0 Å². The molecule has 2 rings (SSSR count). The van der Waals surface area contributed by atoms with Crippen molar-refractivity contribution in [2.24, 2.45) is 0 Å². The first-order valence-electron chi connectivity index (χ1n) is 5.94. The average Bonchev–Trinajstić information content (AvgIpc) is 2.41. The Morgan fingerprint density at radius 1 is 1.10 bits per heavy atom. The lowest BCUT2D eigenvalue weighted by Crippen LogP contribution is -1.96. The van der Waals surface area contributed by atoms with Crippen LogP contribution in [0.3, 0.4) is 0 Å². The van der Waals surface area contributed by atoms with E-state index in [1.54, 1.807) is 30.3 Å². The van der Waals surface area contributed by atoms with Crippen LogP contribution in [0.2, 0.25) is 10.0 Å². The summed E-state index contributed by atoms with van der Waals surface area (Å²) in [5.41, 5.74) is 1.28. The van der Waals surface area contributed by atoms with Crippen molar-refractivity contribution in [1.29, 1.82) is 0 Å². The third-order valence-electron chi connectivity index (χ3n) is 2.69. The Bertz CT molecular complexity index is 656. The van der Waals surface area contributed by atoms with Crippen LogP contribution in [0.4, 0.5) is 4.39 Å². The minimum Gasteiger partial charge on any atom is -0.387 e. The zero-order valence-electron chi connectivity index (χ0n) is 10.4. The van der Waals surface area contributed by atoms with Gasteiger partial charge in [-0.25, -0.2) is 4.39 Å². The molecule has 0 spiro atoms. The Kier molecular flexibility index (Phi) is 5.03. The van der Waals surface area contributed by atoms with Gasteiger partial charge < -0.3 is 5.11 Å². The molecule has 0 bridgehead atoms. The molecule has 0 heterocycles. The lowest BCUT2D eigenvalue weighted by molar-refractivity contribution is 0.184. The first kappa shape index (κ1) is 14.9.